The highest BCUT2D eigenvalue weighted by Crippen LogP contribution is 2.55. The Balaban J connectivity index is 1.74. The quantitative estimate of drug-likeness (QED) is 0.437. The molecule has 162 valence electrons. The van der Waals surface area contributed by atoms with E-state index in [2.05, 4.69) is 11.9 Å². The molecule has 2 amide bonds. The normalized spacial score (nSPS) is 29.0. The molecule has 1 aliphatic heterocycles. The first-order valence-corrected chi connectivity index (χ1v) is 10.8. The fourth-order valence-corrected chi connectivity index (χ4v) is 5.79. The Morgan fingerprint density at radius 1 is 1.16 bits per heavy atom. The van der Waals surface area contributed by atoms with Crippen molar-refractivity contribution in [2.75, 3.05) is 0 Å². The number of benzene rings is 1. The van der Waals surface area contributed by atoms with Gasteiger partial charge in [0.1, 0.15) is 5.75 Å². The number of aromatic hydroxyl groups is 1. The first-order valence-electron chi connectivity index (χ1n) is 10.8. The number of nitrogens with one attached hydrogen (secondary N) is 1. The molecule has 4 atom stereocenters. The van der Waals surface area contributed by atoms with Crippen LogP contribution >= 0.6 is 0 Å². The van der Waals surface area contributed by atoms with E-state index >= 15 is 0 Å². The largest absolute Gasteiger partial charge is 0.507 e. The second kappa shape index (κ2) is 7.26. The molecule has 4 aliphatic rings. The van der Waals surface area contributed by atoms with E-state index in [0.29, 0.717) is 40.7 Å². The molecule has 0 saturated carbocycles. The molecule has 1 aromatic rings. The van der Waals surface area contributed by atoms with Crippen LogP contribution in [0.4, 0.5) is 0 Å². The molecule has 5 rings (SSSR count). The van der Waals surface area contributed by atoms with E-state index in [9.17, 15) is 24.3 Å². The van der Waals surface area contributed by atoms with Gasteiger partial charge in [0, 0.05) is 28.2 Å². The summed E-state index contributed by atoms with van der Waals surface area (Å²) < 4.78 is 0. The Bertz CT molecular complexity index is 1210. The van der Waals surface area contributed by atoms with E-state index in [4.69, 9.17) is 0 Å². The van der Waals surface area contributed by atoms with Gasteiger partial charge in [0.05, 0.1) is 11.8 Å². The molecule has 0 aromatic heterocycles. The van der Waals surface area contributed by atoms with Gasteiger partial charge in [-0.1, -0.05) is 35.9 Å². The summed E-state index contributed by atoms with van der Waals surface area (Å²) in [6.45, 7) is 5.36. The SMILES string of the molecule is C=CCc1cccc([C@H]2C3=CC[C@@H]4C(=O)NC(=O)[C@@H]4[C@@H]3CC3=C2C(=O)C(C)=CC3=O)c1O. The summed E-state index contributed by atoms with van der Waals surface area (Å²) in [7, 11) is 0. The molecule has 6 heteroatoms. The van der Waals surface area contributed by atoms with Crippen LogP contribution in [0.2, 0.25) is 0 Å². The number of carbonyl (C=O) groups excluding carboxylic acids is 4. The molecule has 2 N–H and O–H groups in total. The Morgan fingerprint density at radius 3 is 2.69 bits per heavy atom. The van der Waals surface area contributed by atoms with Crippen LogP contribution in [0.15, 0.2) is 65.3 Å². The number of amides is 2. The number of ketones is 2. The van der Waals surface area contributed by atoms with Crippen molar-refractivity contribution < 1.29 is 24.3 Å². The molecule has 1 saturated heterocycles. The van der Waals surface area contributed by atoms with Crippen molar-refractivity contribution in [3.63, 3.8) is 0 Å². The smallest absolute Gasteiger partial charge is 0.231 e. The van der Waals surface area contributed by atoms with E-state index in [1.807, 2.05) is 12.1 Å². The molecule has 0 spiro atoms. The maximum Gasteiger partial charge on any atom is 0.231 e. The highest BCUT2D eigenvalue weighted by atomic mass is 16.3. The minimum absolute atomic E-state index is 0.0623. The van der Waals surface area contributed by atoms with Gasteiger partial charge in [0.25, 0.3) is 0 Å². The number of phenols is 1. The van der Waals surface area contributed by atoms with Crippen LogP contribution in [-0.4, -0.2) is 28.5 Å². The van der Waals surface area contributed by atoms with Gasteiger partial charge in [-0.2, -0.15) is 0 Å². The monoisotopic (exact) mass is 429 g/mol. The van der Waals surface area contributed by atoms with Crippen molar-refractivity contribution in [3.05, 3.63) is 76.4 Å². The molecule has 1 fully saturated rings. The van der Waals surface area contributed by atoms with Crippen molar-refractivity contribution in [2.45, 2.75) is 32.1 Å². The fraction of sp³-hybridized carbons (Fsp3) is 0.308. The zero-order valence-electron chi connectivity index (χ0n) is 17.7. The van der Waals surface area contributed by atoms with Crippen LogP contribution in [0.5, 0.6) is 5.75 Å². The lowest BCUT2D eigenvalue weighted by atomic mass is 9.59. The van der Waals surface area contributed by atoms with E-state index in [1.165, 1.54) is 6.08 Å². The van der Waals surface area contributed by atoms with Gasteiger partial charge in [0.2, 0.25) is 11.8 Å². The topological polar surface area (TPSA) is 101 Å². The molecule has 0 bridgehead atoms. The number of imide groups is 1. The lowest BCUT2D eigenvalue weighted by molar-refractivity contribution is -0.126. The minimum atomic E-state index is -0.641. The third-order valence-electron chi connectivity index (χ3n) is 7.23. The van der Waals surface area contributed by atoms with Gasteiger partial charge in [-0.05, 0) is 43.7 Å². The Hall–Kier alpha value is -3.54. The van der Waals surface area contributed by atoms with Crippen molar-refractivity contribution in [2.24, 2.45) is 17.8 Å². The van der Waals surface area contributed by atoms with Crippen LogP contribution in [-0.2, 0) is 25.6 Å². The fourth-order valence-electron chi connectivity index (χ4n) is 5.79. The maximum atomic E-state index is 13.3. The molecule has 0 unspecified atom stereocenters. The summed E-state index contributed by atoms with van der Waals surface area (Å²) in [5.41, 5.74) is 3.16. The average Bonchev–Trinajstić information content (AvgIpc) is 3.06. The highest BCUT2D eigenvalue weighted by Gasteiger charge is 2.53. The molecule has 0 radical (unpaired) electrons. The molecule has 32 heavy (non-hydrogen) atoms. The summed E-state index contributed by atoms with van der Waals surface area (Å²) in [6.07, 6.45) is 6.05. The summed E-state index contributed by atoms with van der Waals surface area (Å²) in [5, 5.41) is 13.5. The van der Waals surface area contributed by atoms with Gasteiger partial charge in [0.15, 0.2) is 11.6 Å². The van der Waals surface area contributed by atoms with Crippen molar-refractivity contribution in [3.8, 4) is 5.75 Å². The Kier molecular flexibility index (Phi) is 4.62. The predicted octanol–water partition coefficient (Wildman–Crippen LogP) is 2.84. The molecular formula is C26H23NO5. The number of carbonyl (C=O) groups is 4. The number of hydrogen-bond donors (Lipinski definition) is 2. The highest BCUT2D eigenvalue weighted by molar-refractivity contribution is 6.23. The number of para-hydroxylation sites is 1. The maximum absolute atomic E-state index is 13.3. The summed E-state index contributed by atoms with van der Waals surface area (Å²) >= 11 is 0. The van der Waals surface area contributed by atoms with E-state index in [-0.39, 0.29) is 41.5 Å². The summed E-state index contributed by atoms with van der Waals surface area (Å²) in [6, 6.07) is 5.37. The van der Waals surface area contributed by atoms with Crippen LogP contribution in [0.3, 0.4) is 0 Å². The van der Waals surface area contributed by atoms with Crippen molar-refractivity contribution in [1.82, 2.24) is 5.32 Å². The summed E-state index contributed by atoms with van der Waals surface area (Å²) in [4.78, 5) is 51.3. The minimum Gasteiger partial charge on any atom is -0.507 e. The molecule has 1 aromatic carbocycles. The van der Waals surface area contributed by atoms with Gasteiger partial charge < -0.3 is 5.11 Å². The lowest BCUT2D eigenvalue weighted by Crippen LogP contribution is -2.39. The zero-order chi connectivity index (χ0) is 22.7. The third kappa shape index (κ3) is 2.79. The number of phenolic OH excluding ortho intramolecular Hbond substituents is 1. The van der Waals surface area contributed by atoms with Crippen LogP contribution < -0.4 is 5.32 Å². The van der Waals surface area contributed by atoms with Crippen LogP contribution in [0.25, 0.3) is 0 Å². The number of hydrogen-bond acceptors (Lipinski definition) is 5. The van der Waals surface area contributed by atoms with Gasteiger partial charge in [-0.3, -0.25) is 24.5 Å². The van der Waals surface area contributed by atoms with Crippen LogP contribution in [0, 0.1) is 17.8 Å². The molecule has 6 nitrogen and oxygen atoms in total. The zero-order valence-corrected chi connectivity index (χ0v) is 17.7. The molecule has 1 heterocycles. The van der Waals surface area contributed by atoms with Crippen molar-refractivity contribution >= 4 is 23.4 Å². The standard InChI is InChI=1S/C26H23NO5/c1-3-5-13-6-4-7-15(24(13)30)20-14-8-9-16-21(26(32)27-25(16)31)17(14)11-18-19(28)10-12(2)23(29)22(18)20/h3-4,6-8,10,16-17,20-21,30H,1,5,9,11H2,2H3,(H,27,31,32)/t16-,17+,20+,21-/m0/s1. The first-order chi connectivity index (χ1) is 15.3. The molecular weight excluding hydrogens is 406 g/mol. The third-order valence-corrected chi connectivity index (χ3v) is 7.23. The van der Waals surface area contributed by atoms with Gasteiger partial charge in [-0.15, -0.1) is 6.58 Å². The first kappa shape index (κ1) is 20.4. The lowest BCUT2D eigenvalue weighted by Gasteiger charge is -2.42. The number of rotatable bonds is 3. The number of fused-ring (bicyclic) bond motifs is 3. The average molecular weight is 429 g/mol. The second-order valence-corrected chi connectivity index (χ2v) is 8.93. The number of allylic oxidation sites excluding steroid dienone is 7. The van der Waals surface area contributed by atoms with Crippen molar-refractivity contribution in [1.29, 1.82) is 0 Å². The second-order valence-electron chi connectivity index (χ2n) is 8.93. The van der Waals surface area contributed by atoms with E-state index in [1.54, 1.807) is 25.1 Å². The van der Waals surface area contributed by atoms with Gasteiger partial charge >= 0.3 is 0 Å². The molecule has 3 aliphatic carbocycles. The predicted molar refractivity (Wildman–Crippen MR) is 116 cm³/mol. The Labute approximate surface area is 185 Å². The Morgan fingerprint density at radius 2 is 1.94 bits per heavy atom. The van der Waals surface area contributed by atoms with Crippen LogP contribution in [0.1, 0.15) is 36.8 Å². The van der Waals surface area contributed by atoms with Gasteiger partial charge in [-0.25, -0.2) is 0 Å². The number of Topliss-reactive ketones (excluding diaryl/α,β-unsaturated/α-hetero) is 1. The summed E-state index contributed by atoms with van der Waals surface area (Å²) in [5.74, 6) is -3.07. The van der Waals surface area contributed by atoms with E-state index in [0.717, 1.165) is 5.57 Å². The van der Waals surface area contributed by atoms with E-state index < -0.39 is 17.8 Å².